The van der Waals surface area contributed by atoms with Crippen LogP contribution in [-0.4, -0.2) is 24.2 Å². The number of para-hydroxylation sites is 4. The van der Waals surface area contributed by atoms with Crippen LogP contribution >= 0.6 is 23.2 Å². The van der Waals surface area contributed by atoms with Gasteiger partial charge in [0.1, 0.15) is 11.6 Å². The van der Waals surface area contributed by atoms with Crippen LogP contribution in [0.3, 0.4) is 0 Å². The summed E-state index contributed by atoms with van der Waals surface area (Å²) in [7, 11) is 0. The zero-order valence-corrected chi connectivity index (χ0v) is 68.7. The standard InChI is InChI=1S/C40H26Cl2N2.C40H26F2N2.C28H36N2/c2*41-29-15-19-33(20-16-29)43(31-7-3-1-4-8-31)37-25-13-27-12-24-36-38(26-14-28-11-23-35(37)39(27)40(28)36)44(32-9-5-2-6-10-32)34-21-17-30(42)18-22-34;1-17(2)29(18(3)4)25-15-11-21-10-14-24-26(30(19(5)6)20(7)8)16-12-22-9-13-23(25)27(21)28(22)24/h2*1-26H;9-20H,1-8H3. The van der Waals surface area contributed by atoms with Gasteiger partial charge in [-0.05, 0) is 302 Å². The molecule has 10 heteroatoms. The molecule has 0 bridgehead atoms. The molecule has 0 aliphatic heterocycles. The van der Waals surface area contributed by atoms with Gasteiger partial charge in [-0.3, -0.25) is 0 Å². The van der Waals surface area contributed by atoms with Crippen molar-refractivity contribution in [2.45, 2.75) is 79.6 Å². The quantitative estimate of drug-likeness (QED) is 0.0792. The maximum atomic E-state index is 14.0. The number of benzene rings is 20. The molecule has 0 radical (unpaired) electrons. The maximum absolute atomic E-state index is 14.0. The van der Waals surface area contributed by atoms with Crippen molar-refractivity contribution in [3.05, 3.63) is 386 Å². The molecule has 0 aromatic heterocycles. The van der Waals surface area contributed by atoms with Gasteiger partial charge in [0.15, 0.2) is 0 Å². The van der Waals surface area contributed by atoms with E-state index in [4.69, 9.17) is 23.2 Å². The average Bonchev–Trinajstić information content (AvgIpc) is 0.732. The molecule has 0 N–H and O–H groups in total. The fourth-order valence-electron chi connectivity index (χ4n) is 18.2. The molecule has 0 atom stereocenters. The third kappa shape index (κ3) is 14.1. The van der Waals surface area contributed by atoms with E-state index in [1.165, 1.54) is 100 Å². The summed E-state index contributed by atoms with van der Waals surface area (Å²) in [5, 5.41) is 23.7. The summed E-state index contributed by atoms with van der Waals surface area (Å²) in [6.07, 6.45) is 0. The second kappa shape index (κ2) is 32.1. The Hall–Kier alpha value is -13.2. The highest BCUT2D eigenvalue weighted by Gasteiger charge is 2.27. The zero-order chi connectivity index (χ0) is 81.0. The zero-order valence-electron chi connectivity index (χ0n) is 67.1. The lowest BCUT2D eigenvalue weighted by Crippen LogP contribution is -2.37. The van der Waals surface area contributed by atoms with E-state index in [2.05, 4.69) is 327 Å². The molecule has 0 aliphatic rings. The van der Waals surface area contributed by atoms with Crippen LogP contribution in [0.1, 0.15) is 55.4 Å². The Bertz CT molecular complexity index is 6170. The first kappa shape index (κ1) is 76.1. The summed E-state index contributed by atoms with van der Waals surface area (Å²) in [4.78, 5) is 14.1. The first-order valence-electron chi connectivity index (χ1n) is 40.6. The molecule has 20 aromatic carbocycles. The minimum absolute atomic E-state index is 0.270. The van der Waals surface area contributed by atoms with E-state index in [0.29, 0.717) is 34.2 Å². The lowest BCUT2D eigenvalue weighted by Gasteiger charge is -2.35. The minimum atomic E-state index is -0.270. The fraction of sp³-hybridized carbons (Fsp3) is 0.111. The third-order valence-electron chi connectivity index (χ3n) is 23.0. The predicted octanol–water partition coefficient (Wildman–Crippen LogP) is 32.5. The summed E-state index contributed by atoms with van der Waals surface area (Å²) in [5.74, 6) is -0.539. The van der Waals surface area contributed by atoms with Crippen molar-refractivity contribution >= 4 is 200 Å². The molecule has 0 spiro atoms. The van der Waals surface area contributed by atoms with E-state index in [1.807, 2.05) is 97.1 Å². The fourth-order valence-corrected chi connectivity index (χ4v) is 18.5. The summed E-state index contributed by atoms with van der Waals surface area (Å²) in [6, 6.07) is 126. The van der Waals surface area contributed by atoms with Gasteiger partial charge in [0.05, 0.1) is 22.7 Å². The van der Waals surface area contributed by atoms with Crippen molar-refractivity contribution in [3.8, 4) is 0 Å². The lowest BCUT2D eigenvalue weighted by atomic mass is 9.91. The third-order valence-corrected chi connectivity index (χ3v) is 23.5. The highest BCUT2D eigenvalue weighted by molar-refractivity contribution is 6.33. The SMILES string of the molecule is CC(C)N(c1ccc2ccc3c(N(C(C)C)C(C)C)ccc4ccc1c2c43)C(C)C.Clc1ccc(N(c2ccccc2)c2ccc3ccc4c(N(c5ccccc5)c5ccc(Cl)cc5)ccc5ccc2c3c54)cc1.Fc1ccc(N(c2ccccc2)c2ccc3ccc4c(N(c5ccccc5)c5ccc(F)cc5)ccc5ccc2c3c54)cc1. The van der Waals surface area contributed by atoms with Crippen LogP contribution in [0, 0.1) is 11.6 Å². The molecule has 0 heterocycles. The van der Waals surface area contributed by atoms with Gasteiger partial charge < -0.3 is 29.4 Å². The highest BCUT2D eigenvalue weighted by Crippen LogP contribution is 2.52. The summed E-state index contributed by atoms with van der Waals surface area (Å²) in [6.45, 7) is 18.3. The Balaban J connectivity index is 0.000000125. The number of nitrogens with zero attached hydrogens (tertiary/aromatic N) is 6. The van der Waals surface area contributed by atoms with Gasteiger partial charge in [-0.25, -0.2) is 8.78 Å². The second-order valence-corrected chi connectivity index (χ2v) is 32.4. The van der Waals surface area contributed by atoms with E-state index in [-0.39, 0.29) is 11.6 Å². The highest BCUT2D eigenvalue weighted by atomic mass is 35.5. The van der Waals surface area contributed by atoms with Gasteiger partial charge in [0.2, 0.25) is 0 Å². The first-order valence-corrected chi connectivity index (χ1v) is 41.4. The van der Waals surface area contributed by atoms with Crippen molar-refractivity contribution in [1.29, 1.82) is 0 Å². The molecule has 0 saturated carbocycles. The molecule has 6 nitrogen and oxygen atoms in total. The topological polar surface area (TPSA) is 19.4 Å². The molecule has 118 heavy (non-hydrogen) atoms. The number of halogens is 4. The second-order valence-electron chi connectivity index (χ2n) is 31.6. The van der Waals surface area contributed by atoms with E-state index < -0.39 is 0 Å². The lowest BCUT2D eigenvalue weighted by molar-refractivity contribution is 0.610. The summed E-state index contributed by atoms with van der Waals surface area (Å²) in [5.41, 5.74) is 14.9. The van der Waals surface area contributed by atoms with Crippen LogP contribution in [0.2, 0.25) is 10.0 Å². The van der Waals surface area contributed by atoms with Gasteiger partial charge >= 0.3 is 0 Å². The largest absolute Gasteiger partial charge is 0.366 e. The van der Waals surface area contributed by atoms with Crippen molar-refractivity contribution in [2.24, 2.45) is 0 Å². The van der Waals surface area contributed by atoms with Crippen molar-refractivity contribution < 1.29 is 8.78 Å². The molecule has 0 saturated heterocycles. The molecule has 0 fully saturated rings. The molecular formula is C108H88Cl2F2N6. The molecule has 20 aromatic rings. The van der Waals surface area contributed by atoms with E-state index in [0.717, 1.165) is 101 Å². The van der Waals surface area contributed by atoms with Gasteiger partial charge in [0, 0.05) is 123 Å². The van der Waals surface area contributed by atoms with Gasteiger partial charge in [0.25, 0.3) is 0 Å². The Kier molecular flexibility index (Phi) is 20.7. The van der Waals surface area contributed by atoms with Gasteiger partial charge in [-0.1, -0.05) is 205 Å². The number of hydrogen-bond donors (Lipinski definition) is 0. The summed E-state index contributed by atoms with van der Waals surface area (Å²) >= 11 is 12.6. The van der Waals surface area contributed by atoms with Crippen LogP contribution < -0.4 is 29.4 Å². The smallest absolute Gasteiger partial charge is 0.123 e. The normalized spacial score (nSPS) is 11.7. The van der Waals surface area contributed by atoms with Gasteiger partial charge in [-0.15, -0.1) is 0 Å². The Morgan fingerprint density at radius 1 is 0.186 bits per heavy atom. The van der Waals surface area contributed by atoms with E-state index >= 15 is 0 Å². The predicted molar refractivity (Wildman–Crippen MR) is 505 cm³/mol. The van der Waals surface area contributed by atoms with Crippen LogP contribution in [0.5, 0.6) is 0 Å². The van der Waals surface area contributed by atoms with Crippen molar-refractivity contribution in [3.63, 3.8) is 0 Å². The van der Waals surface area contributed by atoms with Gasteiger partial charge in [-0.2, -0.15) is 0 Å². The Labute approximate surface area is 698 Å². The molecule has 578 valence electrons. The van der Waals surface area contributed by atoms with Crippen molar-refractivity contribution in [1.82, 2.24) is 0 Å². The van der Waals surface area contributed by atoms with Crippen LogP contribution in [-0.2, 0) is 0 Å². The maximum Gasteiger partial charge on any atom is 0.123 e. The first-order chi connectivity index (χ1) is 57.5. The summed E-state index contributed by atoms with van der Waals surface area (Å²) < 4.78 is 28.0. The number of rotatable bonds is 18. The Morgan fingerprint density at radius 3 is 0.559 bits per heavy atom. The minimum Gasteiger partial charge on any atom is -0.366 e. The molecular weight excluding hydrogens is 1490 g/mol. The van der Waals surface area contributed by atoms with Crippen LogP contribution in [0.15, 0.2) is 364 Å². The van der Waals surface area contributed by atoms with Crippen LogP contribution in [0.4, 0.5) is 88.4 Å². The molecule has 0 aliphatic carbocycles. The monoisotopic (exact) mass is 1580 g/mol. The number of anilines is 14. The Morgan fingerprint density at radius 2 is 0.356 bits per heavy atom. The molecule has 0 unspecified atom stereocenters. The molecule has 0 amide bonds. The van der Waals surface area contributed by atoms with Crippen LogP contribution in [0.25, 0.3) is 97.0 Å². The van der Waals surface area contributed by atoms with Crippen molar-refractivity contribution in [2.75, 3.05) is 29.4 Å². The van der Waals surface area contributed by atoms with E-state index in [1.54, 1.807) is 0 Å². The average molecular weight is 1580 g/mol. The van der Waals surface area contributed by atoms with E-state index in [9.17, 15) is 8.78 Å². The number of hydrogen-bond acceptors (Lipinski definition) is 6. The molecule has 20 rings (SSSR count).